The number of carbonyl (C=O) groups excluding carboxylic acids is 1. The van der Waals surface area contributed by atoms with Crippen LogP contribution in [0.25, 0.3) is 10.6 Å². The van der Waals surface area contributed by atoms with Gasteiger partial charge >= 0.3 is 0 Å². The molecule has 0 bridgehead atoms. The molecule has 140 valence electrons. The van der Waals surface area contributed by atoms with E-state index in [0.717, 1.165) is 43.0 Å². The van der Waals surface area contributed by atoms with E-state index in [2.05, 4.69) is 63.7 Å². The van der Waals surface area contributed by atoms with Crippen LogP contribution in [0.1, 0.15) is 33.8 Å². The Balaban J connectivity index is 1.29. The van der Waals surface area contributed by atoms with Crippen LogP contribution in [0, 0.1) is 6.92 Å². The molecular formula is C21H24N4OS. The largest absolute Gasteiger partial charge is 0.348 e. The first-order valence-corrected chi connectivity index (χ1v) is 10.2. The minimum absolute atomic E-state index is 0.0905. The van der Waals surface area contributed by atoms with Crippen LogP contribution in [0.5, 0.6) is 0 Å². The number of hydrogen-bond acceptors (Lipinski definition) is 4. The number of aromatic nitrogens is 2. The number of carbonyl (C=O) groups is 1. The molecule has 0 saturated carbocycles. The van der Waals surface area contributed by atoms with Crippen molar-refractivity contribution in [3.63, 3.8) is 0 Å². The molecule has 1 aliphatic heterocycles. The number of aromatic amines is 1. The number of nitrogens with zero attached hydrogens (tertiary/aromatic N) is 2. The van der Waals surface area contributed by atoms with Crippen molar-refractivity contribution in [2.75, 3.05) is 13.1 Å². The summed E-state index contributed by atoms with van der Waals surface area (Å²) >= 11 is 1.69. The summed E-state index contributed by atoms with van der Waals surface area (Å²) in [5.41, 5.74) is 2.70. The number of thiophene rings is 1. The SMILES string of the molecule is Cc1ccc(-c2cc(C(=O)NC3CCN(Cc4ccccc4)CC3)n[nH]2)s1. The van der Waals surface area contributed by atoms with Crippen molar-refractivity contribution >= 4 is 17.2 Å². The highest BCUT2D eigenvalue weighted by atomic mass is 32.1. The zero-order valence-electron chi connectivity index (χ0n) is 15.4. The minimum atomic E-state index is -0.0905. The Morgan fingerprint density at radius 2 is 2.00 bits per heavy atom. The highest BCUT2D eigenvalue weighted by Crippen LogP contribution is 2.26. The van der Waals surface area contributed by atoms with Gasteiger partial charge < -0.3 is 5.32 Å². The summed E-state index contributed by atoms with van der Waals surface area (Å²) in [6, 6.07) is 16.7. The third-order valence-corrected chi connectivity index (χ3v) is 6.02. The number of piperidine rings is 1. The van der Waals surface area contributed by atoms with E-state index in [1.807, 2.05) is 12.1 Å². The van der Waals surface area contributed by atoms with E-state index in [1.54, 1.807) is 11.3 Å². The summed E-state index contributed by atoms with van der Waals surface area (Å²) in [7, 11) is 0. The molecule has 27 heavy (non-hydrogen) atoms. The fraction of sp³-hybridized carbons (Fsp3) is 0.333. The normalized spacial score (nSPS) is 15.7. The number of rotatable bonds is 5. The second kappa shape index (κ2) is 8.06. The Labute approximate surface area is 163 Å². The average molecular weight is 381 g/mol. The first-order valence-electron chi connectivity index (χ1n) is 9.37. The molecule has 0 atom stereocenters. The van der Waals surface area contributed by atoms with Crippen LogP contribution in [0.2, 0.25) is 0 Å². The van der Waals surface area contributed by atoms with Crippen LogP contribution in [0.3, 0.4) is 0 Å². The first-order chi connectivity index (χ1) is 13.2. The molecule has 2 N–H and O–H groups in total. The highest BCUT2D eigenvalue weighted by molar-refractivity contribution is 7.15. The van der Waals surface area contributed by atoms with Crippen LogP contribution in [0.4, 0.5) is 0 Å². The Morgan fingerprint density at radius 1 is 1.22 bits per heavy atom. The molecule has 4 rings (SSSR count). The van der Waals surface area contributed by atoms with E-state index in [9.17, 15) is 4.79 Å². The van der Waals surface area contributed by atoms with Gasteiger partial charge in [0, 0.05) is 30.6 Å². The Bertz CT molecular complexity index is 894. The minimum Gasteiger partial charge on any atom is -0.348 e. The molecule has 0 radical (unpaired) electrons. The lowest BCUT2D eigenvalue weighted by atomic mass is 10.0. The van der Waals surface area contributed by atoms with Gasteiger partial charge in [-0.15, -0.1) is 11.3 Å². The molecule has 0 unspecified atom stereocenters. The van der Waals surface area contributed by atoms with Crippen molar-refractivity contribution in [2.45, 2.75) is 32.4 Å². The van der Waals surface area contributed by atoms with Gasteiger partial charge in [0.1, 0.15) is 0 Å². The molecule has 1 aromatic carbocycles. The van der Waals surface area contributed by atoms with Gasteiger partial charge in [-0.25, -0.2) is 0 Å². The number of hydrogen-bond donors (Lipinski definition) is 2. The van der Waals surface area contributed by atoms with Crippen molar-refractivity contribution < 1.29 is 4.79 Å². The fourth-order valence-corrected chi connectivity index (χ4v) is 4.31. The molecular weight excluding hydrogens is 356 g/mol. The number of benzene rings is 1. The van der Waals surface area contributed by atoms with E-state index in [0.29, 0.717) is 5.69 Å². The molecule has 2 aromatic heterocycles. The molecule has 1 fully saturated rings. The van der Waals surface area contributed by atoms with Gasteiger partial charge in [-0.2, -0.15) is 5.10 Å². The smallest absolute Gasteiger partial charge is 0.272 e. The first kappa shape index (κ1) is 17.9. The van der Waals surface area contributed by atoms with Crippen molar-refractivity contribution in [3.8, 4) is 10.6 Å². The maximum atomic E-state index is 12.5. The zero-order chi connectivity index (χ0) is 18.6. The quantitative estimate of drug-likeness (QED) is 0.707. The summed E-state index contributed by atoms with van der Waals surface area (Å²) in [6.07, 6.45) is 1.94. The van der Waals surface area contributed by atoms with Gasteiger partial charge in [-0.05, 0) is 43.5 Å². The van der Waals surface area contributed by atoms with E-state index < -0.39 is 0 Å². The fourth-order valence-electron chi connectivity index (χ4n) is 3.48. The van der Waals surface area contributed by atoms with Gasteiger partial charge in [0.05, 0.1) is 10.6 Å². The lowest BCUT2D eigenvalue weighted by Gasteiger charge is -2.32. The van der Waals surface area contributed by atoms with Crippen LogP contribution < -0.4 is 5.32 Å². The number of aryl methyl sites for hydroxylation is 1. The van der Waals surface area contributed by atoms with Gasteiger partial charge in [0.15, 0.2) is 5.69 Å². The maximum Gasteiger partial charge on any atom is 0.272 e. The number of H-pyrrole nitrogens is 1. The Hall–Kier alpha value is -2.44. The average Bonchev–Trinajstić information content (AvgIpc) is 3.33. The second-order valence-electron chi connectivity index (χ2n) is 7.09. The van der Waals surface area contributed by atoms with Gasteiger partial charge in [0.2, 0.25) is 0 Å². The number of nitrogens with one attached hydrogen (secondary N) is 2. The van der Waals surface area contributed by atoms with Gasteiger partial charge in [-0.3, -0.25) is 14.8 Å². The van der Waals surface area contributed by atoms with Crippen molar-refractivity contribution in [1.82, 2.24) is 20.4 Å². The van der Waals surface area contributed by atoms with E-state index in [1.165, 1.54) is 10.4 Å². The molecule has 1 saturated heterocycles. The monoisotopic (exact) mass is 380 g/mol. The van der Waals surface area contributed by atoms with E-state index in [-0.39, 0.29) is 11.9 Å². The van der Waals surface area contributed by atoms with Crippen LogP contribution in [0.15, 0.2) is 48.5 Å². The third-order valence-electron chi connectivity index (χ3n) is 4.99. The lowest BCUT2D eigenvalue weighted by Crippen LogP contribution is -2.44. The van der Waals surface area contributed by atoms with Crippen LogP contribution in [-0.4, -0.2) is 40.1 Å². The standard InChI is InChI=1S/C21H24N4OS/c1-15-7-8-20(27-15)18-13-19(24-23-18)21(26)22-17-9-11-25(12-10-17)14-16-5-3-2-4-6-16/h2-8,13,17H,9-12,14H2,1H3,(H,22,26)(H,23,24). The molecule has 5 nitrogen and oxygen atoms in total. The van der Waals surface area contributed by atoms with E-state index >= 15 is 0 Å². The highest BCUT2D eigenvalue weighted by Gasteiger charge is 2.22. The third kappa shape index (κ3) is 4.46. The molecule has 1 amide bonds. The predicted octanol–water partition coefficient (Wildman–Crippen LogP) is 3.84. The summed E-state index contributed by atoms with van der Waals surface area (Å²) < 4.78 is 0. The summed E-state index contributed by atoms with van der Waals surface area (Å²) in [5.74, 6) is -0.0905. The zero-order valence-corrected chi connectivity index (χ0v) is 16.3. The second-order valence-corrected chi connectivity index (χ2v) is 8.37. The summed E-state index contributed by atoms with van der Waals surface area (Å²) in [5, 5.41) is 10.3. The van der Waals surface area contributed by atoms with Crippen LogP contribution in [-0.2, 0) is 6.54 Å². The van der Waals surface area contributed by atoms with Gasteiger partial charge in [0.25, 0.3) is 5.91 Å². The molecule has 0 aliphatic carbocycles. The topological polar surface area (TPSA) is 61.0 Å². The van der Waals surface area contributed by atoms with Gasteiger partial charge in [-0.1, -0.05) is 30.3 Å². The van der Waals surface area contributed by atoms with Crippen molar-refractivity contribution in [3.05, 3.63) is 64.7 Å². The predicted molar refractivity (Wildman–Crippen MR) is 109 cm³/mol. The maximum absolute atomic E-state index is 12.5. The molecule has 3 aromatic rings. The summed E-state index contributed by atoms with van der Waals surface area (Å²) in [6.45, 7) is 5.05. The lowest BCUT2D eigenvalue weighted by molar-refractivity contribution is 0.0904. The molecule has 6 heteroatoms. The van der Waals surface area contributed by atoms with Crippen molar-refractivity contribution in [2.24, 2.45) is 0 Å². The molecule has 1 aliphatic rings. The van der Waals surface area contributed by atoms with Crippen LogP contribution >= 0.6 is 11.3 Å². The Morgan fingerprint density at radius 3 is 2.70 bits per heavy atom. The van der Waals surface area contributed by atoms with Crippen molar-refractivity contribution in [1.29, 1.82) is 0 Å². The molecule has 0 spiro atoms. The van der Waals surface area contributed by atoms with E-state index in [4.69, 9.17) is 0 Å². The molecule has 3 heterocycles. The Kier molecular flexibility index (Phi) is 5.36. The number of likely N-dealkylation sites (tertiary alicyclic amines) is 1. The number of amides is 1. The summed E-state index contributed by atoms with van der Waals surface area (Å²) in [4.78, 5) is 17.3.